The van der Waals surface area contributed by atoms with Gasteiger partial charge in [0.2, 0.25) is 0 Å². The van der Waals surface area contributed by atoms with Gasteiger partial charge < -0.3 is 5.11 Å². The summed E-state index contributed by atoms with van der Waals surface area (Å²) in [5, 5.41) is 9.43. The van der Waals surface area contributed by atoms with E-state index in [0.717, 1.165) is 19.4 Å². The number of rotatable bonds is 0. The first-order chi connectivity index (χ1) is 5.77. The quantitative estimate of drug-likeness (QED) is 0.557. The van der Waals surface area contributed by atoms with Crippen LogP contribution >= 0.6 is 0 Å². The van der Waals surface area contributed by atoms with Crippen molar-refractivity contribution in [1.82, 2.24) is 0 Å². The molecule has 0 spiro atoms. The van der Waals surface area contributed by atoms with Crippen LogP contribution in [0.5, 0.6) is 0 Å². The van der Waals surface area contributed by atoms with E-state index in [1.165, 1.54) is 11.4 Å². The van der Waals surface area contributed by atoms with Crippen LogP contribution in [0.1, 0.15) is 17.8 Å². The number of aliphatic hydroxyl groups is 1. The zero-order valence-electron chi connectivity index (χ0n) is 7.33. The van der Waals surface area contributed by atoms with Crippen molar-refractivity contribution in [3.8, 4) is 0 Å². The van der Waals surface area contributed by atoms with Crippen molar-refractivity contribution in [2.24, 2.45) is 0 Å². The topological polar surface area (TPSA) is 24.1 Å². The van der Waals surface area contributed by atoms with Crippen molar-refractivity contribution in [3.05, 3.63) is 29.6 Å². The molecule has 0 fully saturated rings. The Balaban J connectivity index is 2.42. The van der Waals surface area contributed by atoms with Gasteiger partial charge in [0.1, 0.15) is 0 Å². The van der Waals surface area contributed by atoms with E-state index in [1.54, 1.807) is 0 Å². The van der Waals surface area contributed by atoms with Crippen molar-refractivity contribution in [3.63, 3.8) is 0 Å². The molecular weight excluding hydrogens is 150 g/mol. The Bertz CT molecular complexity index is 296. The number of aromatic nitrogens is 1. The highest BCUT2D eigenvalue weighted by atomic mass is 16.3. The molecule has 2 heteroatoms. The molecule has 12 heavy (non-hydrogen) atoms. The highest BCUT2D eigenvalue weighted by molar-refractivity contribution is 5.04. The van der Waals surface area contributed by atoms with Crippen molar-refractivity contribution < 1.29 is 9.67 Å². The van der Waals surface area contributed by atoms with E-state index in [-0.39, 0.29) is 6.10 Å². The van der Waals surface area contributed by atoms with Crippen LogP contribution in [-0.2, 0) is 13.0 Å². The minimum absolute atomic E-state index is 0.133. The lowest BCUT2D eigenvalue weighted by Crippen LogP contribution is -2.47. The number of hydrogen-bond donors (Lipinski definition) is 1. The fourth-order valence-electron chi connectivity index (χ4n) is 1.82. The van der Waals surface area contributed by atoms with E-state index in [1.807, 2.05) is 0 Å². The predicted octanol–water partition coefficient (Wildman–Crippen LogP) is 0.590. The maximum atomic E-state index is 9.43. The smallest absolute Gasteiger partial charge is 0.184 e. The summed E-state index contributed by atoms with van der Waals surface area (Å²) in [5.41, 5.74) is 2.55. The summed E-state index contributed by atoms with van der Waals surface area (Å²) < 4.78 is 2.28. The van der Waals surface area contributed by atoms with Gasteiger partial charge in [-0.2, -0.15) is 4.57 Å². The Kier molecular flexibility index (Phi) is 1.85. The van der Waals surface area contributed by atoms with E-state index < -0.39 is 0 Å². The first kappa shape index (κ1) is 7.74. The number of aliphatic hydroxyl groups excluding tert-OH is 1. The second-order valence-corrected chi connectivity index (χ2v) is 3.46. The molecule has 2 nitrogen and oxygen atoms in total. The standard InChI is InChI=1S/C10H14NO/c1-8-3-2-4-9-7-10(12)5-6-11(8)9/h2-4,10,12H,5-7H2,1H3/q+1. The van der Waals surface area contributed by atoms with Crippen LogP contribution in [0.15, 0.2) is 18.2 Å². The SMILES string of the molecule is Cc1cccc2[n+]1CCC(O)C2. The zero-order chi connectivity index (χ0) is 8.55. The number of aryl methyl sites for hydroxylation is 1. The van der Waals surface area contributed by atoms with Crippen LogP contribution in [0.4, 0.5) is 0 Å². The summed E-state index contributed by atoms with van der Waals surface area (Å²) in [5.74, 6) is 0. The van der Waals surface area contributed by atoms with Gasteiger partial charge in [0.05, 0.1) is 12.5 Å². The number of fused-ring (bicyclic) bond motifs is 1. The van der Waals surface area contributed by atoms with E-state index in [4.69, 9.17) is 0 Å². The van der Waals surface area contributed by atoms with E-state index in [2.05, 4.69) is 29.7 Å². The molecule has 1 aromatic rings. The van der Waals surface area contributed by atoms with Crippen LogP contribution in [0.2, 0.25) is 0 Å². The summed E-state index contributed by atoms with van der Waals surface area (Å²) in [6, 6.07) is 6.26. The second-order valence-electron chi connectivity index (χ2n) is 3.46. The summed E-state index contributed by atoms with van der Waals surface area (Å²) >= 11 is 0. The zero-order valence-corrected chi connectivity index (χ0v) is 7.33. The van der Waals surface area contributed by atoms with Gasteiger partial charge in [0.15, 0.2) is 17.9 Å². The molecule has 1 unspecified atom stereocenters. The summed E-state index contributed by atoms with van der Waals surface area (Å²) in [4.78, 5) is 0. The van der Waals surface area contributed by atoms with Crippen molar-refractivity contribution >= 4 is 0 Å². The molecule has 1 aromatic heterocycles. The fraction of sp³-hybridized carbons (Fsp3) is 0.500. The van der Waals surface area contributed by atoms with Gasteiger partial charge in [-0.3, -0.25) is 0 Å². The maximum absolute atomic E-state index is 9.43. The summed E-state index contributed by atoms with van der Waals surface area (Å²) in [6.45, 7) is 3.07. The van der Waals surface area contributed by atoms with Gasteiger partial charge in [-0.05, 0) is 6.07 Å². The van der Waals surface area contributed by atoms with Gasteiger partial charge in [0.25, 0.3) is 0 Å². The van der Waals surface area contributed by atoms with Crippen LogP contribution in [0.25, 0.3) is 0 Å². The van der Waals surface area contributed by atoms with Gasteiger partial charge in [-0.25, -0.2) is 0 Å². The number of nitrogens with zero attached hydrogens (tertiary/aromatic N) is 1. The molecule has 2 heterocycles. The molecular formula is C10H14NO+. The third-order valence-corrected chi connectivity index (χ3v) is 2.53. The van der Waals surface area contributed by atoms with Crippen molar-refractivity contribution in [2.75, 3.05) is 0 Å². The van der Waals surface area contributed by atoms with E-state index >= 15 is 0 Å². The van der Waals surface area contributed by atoms with Crippen molar-refractivity contribution in [1.29, 1.82) is 0 Å². The highest BCUT2D eigenvalue weighted by Crippen LogP contribution is 2.08. The third-order valence-electron chi connectivity index (χ3n) is 2.53. The Morgan fingerprint density at radius 1 is 1.50 bits per heavy atom. The average molecular weight is 164 g/mol. The van der Waals surface area contributed by atoms with E-state index in [0.29, 0.717) is 0 Å². The van der Waals surface area contributed by atoms with Crippen molar-refractivity contribution in [2.45, 2.75) is 32.4 Å². The fourth-order valence-corrected chi connectivity index (χ4v) is 1.82. The van der Waals surface area contributed by atoms with Crippen LogP contribution in [-0.4, -0.2) is 11.2 Å². The minimum atomic E-state index is -0.133. The lowest BCUT2D eigenvalue weighted by Gasteiger charge is -2.16. The molecule has 2 rings (SSSR count). The Hall–Kier alpha value is -0.890. The Morgan fingerprint density at radius 2 is 2.33 bits per heavy atom. The van der Waals surface area contributed by atoms with Gasteiger partial charge in [-0.1, -0.05) is 0 Å². The lowest BCUT2D eigenvalue weighted by atomic mass is 10.0. The normalized spacial score (nSPS) is 22.0. The molecule has 0 aliphatic carbocycles. The predicted molar refractivity (Wildman–Crippen MR) is 45.7 cm³/mol. The number of pyridine rings is 1. The lowest BCUT2D eigenvalue weighted by molar-refractivity contribution is -0.716. The van der Waals surface area contributed by atoms with E-state index in [9.17, 15) is 5.11 Å². The Morgan fingerprint density at radius 3 is 3.17 bits per heavy atom. The third kappa shape index (κ3) is 1.23. The molecule has 64 valence electrons. The van der Waals surface area contributed by atoms with Crippen LogP contribution in [0, 0.1) is 6.92 Å². The van der Waals surface area contributed by atoms with Crippen LogP contribution < -0.4 is 4.57 Å². The molecule has 0 amide bonds. The molecule has 1 N–H and O–H groups in total. The first-order valence-electron chi connectivity index (χ1n) is 4.44. The molecule has 0 aromatic carbocycles. The second kappa shape index (κ2) is 2.87. The van der Waals surface area contributed by atoms with Gasteiger partial charge in [0, 0.05) is 25.5 Å². The van der Waals surface area contributed by atoms with Gasteiger partial charge in [-0.15, -0.1) is 0 Å². The maximum Gasteiger partial charge on any atom is 0.184 e. The van der Waals surface area contributed by atoms with Gasteiger partial charge >= 0.3 is 0 Å². The minimum Gasteiger partial charge on any atom is -0.392 e. The molecule has 0 saturated heterocycles. The van der Waals surface area contributed by atoms with Crippen LogP contribution in [0.3, 0.4) is 0 Å². The molecule has 1 aliphatic rings. The molecule has 1 aliphatic heterocycles. The average Bonchev–Trinajstić information content (AvgIpc) is 2.04. The molecule has 0 radical (unpaired) electrons. The molecule has 0 saturated carbocycles. The molecule has 1 atom stereocenters. The highest BCUT2D eigenvalue weighted by Gasteiger charge is 2.23. The largest absolute Gasteiger partial charge is 0.392 e. The first-order valence-corrected chi connectivity index (χ1v) is 4.44. The summed E-state index contributed by atoms with van der Waals surface area (Å²) in [6.07, 6.45) is 1.57. The summed E-state index contributed by atoms with van der Waals surface area (Å²) in [7, 11) is 0. The monoisotopic (exact) mass is 164 g/mol. The Labute approximate surface area is 72.5 Å². The number of hydrogen-bond acceptors (Lipinski definition) is 1. The molecule has 0 bridgehead atoms.